The van der Waals surface area contributed by atoms with Gasteiger partial charge in [0.25, 0.3) is 0 Å². The average Bonchev–Trinajstić information content (AvgIpc) is 2.61. The Morgan fingerprint density at radius 2 is 2.00 bits per heavy atom. The third-order valence-electron chi connectivity index (χ3n) is 1.50. The number of amides is 1. The van der Waals surface area contributed by atoms with E-state index in [4.69, 9.17) is 0 Å². The molecule has 0 saturated carbocycles. The summed E-state index contributed by atoms with van der Waals surface area (Å²) in [5.74, 6) is -0.784. The van der Waals surface area contributed by atoms with E-state index in [0.717, 1.165) is 12.5 Å². The predicted octanol–water partition coefficient (Wildman–Crippen LogP) is 2.96. The van der Waals surface area contributed by atoms with Gasteiger partial charge in [-0.3, -0.25) is 0 Å². The maximum absolute atomic E-state index is 12.6. The van der Waals surface area contributed by atoms with Crippen molar-refractivity contribution in [2.75, 3.05) is 0 Å². The van der Waals surface area contributed by atoms with E-state index in [2.05, 4.69) is 19.1 Å². The van der Waals surface area contributed by atoms with Crippen LogP contribution in [0.15, 0.2) is 21.9 Å². The molecule has 0 spiro atoms. The molecule has 18 heavy (non-hydrogen) atoms. The van der Waals surface area contributed by atoms with Gasteiger partial charge in [0, 0.05) is 0 Å². The molecule has 0 aliphatic carbocycles. The Morgan fingerprint density at radius 1 is 1.39 bits per heavy atom. The normalized spacial score (nSPS) is 13.6. The first-order chi connectivity index (χ1) is 8.09. The highest BCUT2D eigenvalue weighted by Crippen LogP contribution is 2.22. The summed E-state index contributed by atoms with van der Waals surface area (Å²) in [4.78, 5) is 17.4. The van der Waals surface area contributed by atoms with E-state index in [9.17, 15) is 18.0 Å². The highest BCUT2D eigenvalue weighted by Gasteiger charge is 2.41. The molecular weight excluding hydrogens is 253 g/mol. The Bertz CT molecular complexity index is 444. The number of aliphatic imine (C=N–C) groups is 1. The Kier molecular flexibility index (Phi) is 3.78. The first-order valence-corrected chi connectivity index (χ1v) is 4.88. The largest absolute Gasteiger partial charge is 0.443 e. The zero-order valence-electron chi connectivity index (χ0n) is 9.91. The molecule has 0 fully saturated rings. The quantitative estimate of drug-likeness (QED) is 0.731. The third kappa shape index (κ3) is 4.19. The number of carbonyl (C=O) groups excluding carboxylic acids is 1. The summed E-state index contributed by atoms with van der Waals surface area (Å²) in [7, 11) is 0. The molecule has 5 nitrogen and oxygen atoms in total. The zero-order chi connectivity index (χ0) is 14.0. The van der Waals surface area contributed by atoms with Crippen LogP contribution in [-0.4, -0.2) is 28.6 Å². The van der Waals surface area contributed by atoms with Crippen molar-refractivity contribution >= 4 is 11.8 Å². The fourth-order valence-corrected chi connectivity index (χ4v) is 0.949. The molecule has 1 amide bonds. The zero-order valence-corrected chi connectivity index (χ0v) is 9.91. The summed E-state index contributed by atoms with van der Waals surface area (Å²) in [6, 6.07) is 0. The van der Waals surface area contributed by atoms with Gasteiger partial charge >= 0.3 is 12.3 Å². The molecule has 0 bridgehead atoms. The van der Waals surface area contributed by atoms with Crippen molar-refractivity contribution in [1.82, 2.24) is 4.98 Å². The van der Waals surface area contributed by atoms with Gasteiger partial charge in [-0.05, 0) is 20.8 Å². The molecule has 0 saturated heterocycles. The second-order valence-electron chi connectivity index (χ2n) is 4.28. The maximum atomic E-state index is 12.6. The first kappa shape index (κ1) is 14.2. The van der Waals surface area contributed by atoms with E-state index in [-0.39, 0.29) is 0 Å². The van der Waals surface area contributed by atoms with Crippen LogP contribution in [0.4, 0.5) is 18.0 Å². The number of hydrogen-bond donors (Lipinski definition) is 0. The summed E-state index contributed by atoms with van der Waals surface area (Å²) < 4.78 is 47.1. The summed E-state index contributed by atoms with van der Waals surface area (Å²) >= 11 is 0. The van der Waals surface area contributed by atoms with Crippen LogP contribution in [0.1, 0.15) is 26.7 Å². The van der Waals surface area contributed by atoms with Crippen LogP contribution in [0.2, 0.25) is 0 Å². The number of halogens is 3. The van der Waals surface area contributed by atoms with Crippen molar-refractivity contribution in [3.63, 3.8) is 0 Å². The molecule has 0 aliphatic heterocycles. The second kappa shape index (κ2) is 4.79. The third-order valence-corrected chi connectivity index (χ3v) is 1.50. The predicted molar refractivity (Wildman–Crippen MR) is 55.3 cm³/mol. The topological polar surface area (TPSA) is 64.7 Å². The Balaban J connectivity index is 3.02. The minimum atomic E-state index is -4.86. The number of nitrogens with zero attached hydrogens (tertiary/aromatic N) is 2. The van der Waals surface area contributed by atoms with Crippen LogP contribution >= 0.6 is 0 Å². The van der Waals surface area contributed by atoms with E-state index in [1.807, 2.05) is 0 Å². The van der Waals surface area contributed by atoms with Crippen LogP contribution in [0.5, 0.6) is 0 Å². The van der Waals surface area contributed by atoms with Crippen molar-refractivity contribution in [3.8, 4) is 0 Å². The van der Waals surface area contributed by atoms with E-state index in [1.165, 1.54) is 20.8 Å². The van der Waals surface area contributed by atoms with E-state index in [1.54, 1.807) is 0 Å². The molecule has 0 atom stereocenters. The van der Waals surface area contributed by atoms with Crippen LogP contribution in [-0.2, 0) is 4.74 Å². The lowest BCUT2D eigenvalue weighted by atomic mass is 10.2. The smallest absolute Gasteiger partial charge is 0.439 e. The molecule has 8 heteroatoms. The number of carbonyl (C=O) groups is 1. The highest BCUT2D eigenvalue weighted by atomic mass is 19.4. The molecule has 1 aromatic heterocycles. The Hall–Kier alpha value is -1.86. The average molecular weight is 264 g/mol. The highest BCUT2D eigenvalue weighted by molar-refractivity contribution is 6.05. The molecule has 1 heterocycles. The Labute approximate surface area is 101 Å². The van der Waals surface area contributed by atoms with Gasteiger partial charge in [0.2, 0.25) is 11.6 Å². The first-order valence-electron chi connectivity index (χ1n) is 4.88. The summed E-state index contributed by atoms with van der Waals surface area (Å²) in [5, 5.41) is 0. The van der Waals surface area contributed by atoms with Gasteiger partial charge in [0.1, 0.15) is 11.9 Å². The molecular formula is C10H11F3N2O3. The van der Waals surface area contributed by atoms with Gasteiger partial charge in [-0.2, -0.15) is 18.2 Å². The van der Waals surface area contributed by atoms with Gasteiger partial charge < -0.3 is 9.15 Å². The van der Waals surface area contributed by atoms with E-state index in [0.29, 0.717) is 0 Å². The van der Waals surface area contributed by atoms with Crippen molar-refractivity contribution in [1.29, 1.82) is 0 Å². The number of hydrogen-bond acceptors (Lipinski definition) is 4. The van der Waals surface area contributed by atoms with Crippen LogP contribution < -0.4 is 0 Å². The number of alkyl halides is 3. The van der Waals surface area contributed by atoms with Crippen LogP contribution in [0.3, 0.4) is 0 Å². The fraction of sp³-hybridized carbons (Fsp3) is 0.500. The van der Waals surface area contributed by atoms with Gasteiger partial charge in [-0.25, -0.2) is 9.78 Å². The van der Waals surface area contributed by atoms with Gasteiger partial charge in [0.15, 0.2) is 0 Å². The van der Waals surface area contributed by atoms with Crippen molar-refractivity contribution < 1.29 is 27.1 Å². The molecule has 0 radical (unpaired) electrons. The lowest BCUT2D eigenvalue weighted by Gasteiger charge is -2.17. The summed E-state index contributed by atoms with van der Waals surface area (Å²) in [5.41, 5.74) is -2.46. The molecule has 1 aromatic rings. The van der Waals surface area contributed by atoms with Crippen molar-refractivity contribution in [2.24, 2.45) is 4.99 Å². The SMILES string of the molecule is CC(C)(C)OC(=O)N=C(c1ncco1)C(F)(F)F. The maximum Gasteiger partial charge on any atom is 0.439 e. The van der Waals surface area contributed by atoms with E-state index < -0.39 is 29.5 Å². The van der Waals surface area contributed by atoms with Crippen molar-refractivity contribution in [3.05, 3.63) is 18.4 Å². The lowest BCUT2D eigenvalue weighted by molar-refractivity contribution is -0.0595. The molecule has 1 rings (SSSR count). The van der Waals surface area contributed by atoms with Gasteiger partial charge in [0.05, 0.1) is 6.20 Å². The minimum absolute atomic E-state index is 0.784. The van der Waals surface area contributed by atoms with Gasteiger partial charge in [-0.1, -0.05) is 0 Å². The van der Waals surface area contributed by atoms with E-state index >= 15 is 0 Å². The van der Waals surface area contributed by atoms with Crippen molar-refractivity contribution in [2.45, 2.75) is 32.5 Å². The Morgan fingerprint density at radius 3 is 2.39 bits per heavy atom. The molecule has 0 unspecified atom stereocenters. The summed E-state index contributed by atoms with van der Waals surface area (Å²) in [6.07, 6.45) is -4.24. The molecule has 100 valence electrons. The van der Waals surface area contributed by atoms with Gasteiger partial charge in [-0.15, -0.1) is 0 Å². The fourth-order valence-electron chi connectivity index (χ4n) is 0.949. The number of rotatable bonds is 1. The van der Waals surface area contributed by atoms with Crippen LogP contribution in [0.25, 0.3) is 0 Å². The molecule has 0 N–H and O–H groups in total. The minimum Gasteiger partial charge on any atom is -0.443 e. The number of aromatic nitrogens is 1. The standard InChI is InChI=1S/C10H11F3N2O3/c1-9(2,3)18-8(16)15-6(10(11,12)13)7-14-4-5-17-7/h4-5H,1-3H3. The number of oxazole rings is 1. The number of ether oxygens (including phenoxy) is 1. The summed E-state index contributed by atoms with van der Waals surface area (Å²) in [6.45, 7) is 4.54. The van der Waals surface area contributed by atoms with Crippen LogP contribution in [0, 0.1) is 0 Å². The monoisotopic (exact) mass is 264 g/mol. The second-order valence-corrected chi connectivity index (χ2v) is 4.28. The molecule has 0 aromatic carbocycles. The molecule has 0 aliphatic rings. The lowest BCUT2D eigenvalue weighted by Crippen LogP contribution is -2.28.